The second-order valence-corrected chi connectivity index (χ2v) is 5.63. The van der Waals surface area contributed by atoms with Crippen molar-refractivity contribution in [1.29, 1.82) is 0 Å². The molecule has 0 radical (unpaired) electrons. The standard InChI is InChI=1S/C14H20ClN3O/c1-3-6-18-12-5-4-10(15)7-11(12)17-13(18)8-14(2,19)9-16/h4-5,7,19H,3,6,8-9,16H2,1-2H3. The third kappa shape index (κ3) is 3.08. The van der Waals surface area contributed by atoms with Gasteiger partial charge < -0.3 is 15.4 Å². The molecular formula is C14H20ClN3O. The van der Waals surface area contributed by atoms with Gasteiger partial charge in [0.2, 0.25) is 0 Å². The summed E-state index contributed by atoms with van der Waals surface area (Å²) in [6.07, 6.45) is 1.45. The second kappa shape index (κ2) is 5.49. The summed E-state index contributed by atoms with van der Waals surface area (Å²) in [5, 5.41) is 10.8. The number of nitrogens with zero attached hydrogens (tertiary/aromatic N) is 2. The van der Waals surface area contributed by atoms with Crippen LogP contribution in [0.25, 0.3) is 11.0 Å². The Labute approximate surface area is 118 Å². The molecule has 1 aromatic heterocycles. The normalized spacial score (nSPS) is 14.8. The summed E-state index contributed by atoms with van der Waals surface area (Å²) in [5.74, 6) is 0.856. The van der Waals surface area contributed by atoms with Gasteiger partial charge in [-0.15, -0.1) is 0 Å². The van der Waals surface area contributed by atoms with Crippen LogP contribution in [0, 0.1) is 0 Å². The van der Waals surface area contributed by atoms with Gasteiger partial charge in [-0.25, -0.2) is 4.98 Å². The maximum absolute atomic E-state index is 10.1. The molecule has 4 nitrogen and oxygen atoms in total. The average molecular weight is 282 g/mol. The summed E-state index contributed by atoms with van der Waals surface area (Å²) in [5.41, 5.74) is 6.57. The third-order valence-electron chi connectivity index (χ3n) is 3.22. The van der Waals surface area contributed by atoms with E-state index in [0.717, 1.165) is 29.8 Å². The Morgan fingerprint density at radius 3 is 2.84 bits per heavy atom. The minimum absolute atomic E-state index is 0.211. The zero-order chi connectivity index (χ0) is 14.0. The van der Waals surface area contributed by atoms with Crippen molar-refractivity contribution in [1.82, 2.24) is 9.55 Å². The zero-order valence-corrected chi connectivity index (χ0v) is 12.1. The van der Waals surface area contributed by atoms with E-state index in [9.17, 15) is 5.11 Å². The van der Waals surface area contributed by atoms with Crippen molar-refractivity contribution in [3.8, 4) is 0 Å². The summed E-state index contributed by atoms with van der Waals surface area (Å²) >= 11 is 6.00. The minimum Gasteiger partial charge on any atom is -0.388 e. The van der Waals surface area contributed by atoms with Crippen molar-refractivity contribution in [2.24, 2.45) is 5.73 Å². The fourth-order valence-electron chi connectivity index (χ4n) is 2.17. The molecule has 0 aliphatic heterocycles. The van der Waals surface area contributed by atoms with Gasteiger partial charge in [0.15, 0.2) is 0 Å². The van der Waals surface area contributed by atoms with E-state index >= 15 is 0 Å². The number of benzene rings is 1. The topological polar surface area (TPSA) is 64.1 Å². The molecular weight excluding hydrogens is 262 g/mol. The van der Waals surface area contributed by atoms with Gasteiger partial charge in [0.1, 0.15) is 5.82 Å². The van der Waals surface area contributed by atoms with E-state index in [-0.39, 0.29) is 6.54 Å². The Morgan fingerprint density at radius 2 is 2.21 bits per heavy atom. The highest BCUT2D eigenvalue weighted by molar-refractivity contribution is 6.31. The monoisotopic (exact) mass is 281 g/mol. The fraction of sp³-hybridized carbons (Fsp3) is 0.500. The SMILES string of the molecule is CCCn1c(CC(C)(O)CN)nc2cc(Cl)ccc21. The molecule has 1 unspecified atom stereocenters. The van der Waals surface area contributed by atoms with Crippen LogP contribution >= 0.6 is 11.6 Å². The van der Waals surface area contributed by atoms with Crippen molar-refractivity contribution < 1.29 is 5.11 Å². The maximum Gasteiger partial charge on any atom is 0.112 e. The molecule has 0 amide bonds. The first-order chi connectivity index (χ1) is 8.96. The van der Waals surface area contributed by atoms with Gasteiger partial charge in [-0.2, -0.15) is 0 Å². The Balaban J connectivity index is 2.49. The van der Waals surface area contributed by atoms with E-state index in [1.165, 1.54) is 0 Å². The number of nitrogens with two attached hydrogens (primary N) is 1. The smallest absolute Gasteiger partial charge is 0.112 e. The molecule has 0 saturated carbocycles. The van der Waals surface area contributed by atoms with Crippen molar-refractivity contribution in [2.75, 3.05) is 6.54 Å². The molecule has 0 spiro atoms. The molecule has 0 aliphatic carbocycles. The number of imidazole rings is 1. The third-order valence-corrected chi connectivity index (χ3v) is 3.45. The van der Waals surface area contributed by atoms with Gasteiger partial charge in [-0.05, 0) is 31.5 Å². The fourth-order valence-corrected chi connectivity index (χ4v) is 2.34. The number of rotatable bonds is 5. The lowest BCUT2D eigenvalue weighted by Crippen LogP contribution is -2.37. The van der Waals surface area contributed by atoms with Crippen LogP contribution in [0.15, 0.2) is 18.2 Å². The summed E-state index contributed by atoms with van der Waals surface area (Å²) in [6, 6.07) is 5.69. The summed E-state index contributed by atoms with van der Waals surface area (Å²) in [6.45, 7) is 4.93. The summed E-state index contributed by atoms with van der Waals surface area (Å²) in [4.78, 5) is 4.59. The van der Waals surface area contributed by atoms with E-state index in [0.29, 0.717) is 11.4 Å². The molecule has 0 fully saturated rings. The molecule has 19 heavy (non-hydrogen) atoms. The van der Waals surface area contributed by atoms with Crippen LogP contribution in [0.5, 0.6) is 0 Å². The van der Waals surface area contributed by atoms with E-state index < -0.39 is 5.60 Å². The summed E-state index contributed by atoms with van der Waals surface area (Å²) in [7, 11) is 0. The van der Waals surface area contributed by atoms with Gasteiger partial charge in [-0.1, -0.05) is 18.5 Å². The minimum atomic E-state index is -0.934. The highest BCUT2D eigenvalue weighted by Crippen LogP contribution is 2.23. The lowest BCUT2D eigenvalue weighted by Gasteiger charge is -2.21. The summed E-state index contributed by atoms with van der Waals surface area (Å²) < 4.78 is 2.13. The number of fused-ring (bicyclic) bond motifs is 1. The molecule has 0 saturated heterocycles. The van der Waals surface area contributed by atoms with Gasteiger partial charge >= 0.3 is 0 Å². The Kier molecular flexibility index (Phi) is 4.13. The van der Waals surface area contributed by atoms with Crippen molar-refractivity contribution in [2.45, 2.75) is 38.8 Å². The predicted molar refractivity (Wildman–Crippen MR) is 78.4 cm³/mol. The molecule has 2 aromatic rings. The van der Waals surface area contributed by atoms with E-state index in [1.807, 2.05) is 18.2 Å². The van der Waals surface area contributed by atoms with Crippen LogP contribution in [0.2, 0.25) is 5.02 Å². The van der Waals surface area contributed by atoms with Crippen LogP contribution < -0.4 is 5.73 Å². The highest BCUT2D eigenvalue weighted by Gasteiger charge is 2.23. The maximum atomic E-state index is 10.1. The molecule has 2 rings (SSSR count). The molecule has 1 aromatic carbocycles. The van der Waals surface area contributed by atoms with Gasteiger partial charge in [-0.3, -0.25) is 0 Å². The van der Waals surface area contributed by atoms with Crippen molar-refractivity contribution >= 4 is 22.6 Å². The van der Waals surface area contributed by atoms with Crippen LogP contribution in [0.3, 0.4) is 0 Å². The average Bonchev–Trinajstić information content (AvgIpc) is 2.66. The Bertz CT molecular complexity index is 577. The Hall–Kier alpha value is -1.10. The lowest BCUT2D eigenvalue weighted by atomic mass is 10.0. The molecule has 1 heterocycles. The highest BCUT2D eigenvalue weighted by atomic mass is 35.5. The quantitative estimate of drug-likeness (QED) is 0.884. The van der Waals surface area contributed by atoms with Gasteiger partial charge in [0.05, 0.1) is 16.6 Å². The van der Waals surface area contributed by atoms with E-state index in [4.69, 9.17) is 17.3 Å². The largest absolute Gasteiger partial charge is 0.388 e. The Morgan fingerprint density at radius 1 is 1.47 bits per heavy atom. The second-order valence-electron chi connectivity index (χ2n) is 5.19. The molecule has 104 valence electrons. The number of hydrogen-bond acceptors (Lipinski definition) is 3. The lowest BCUT2D eigenvalue weighted by molar-refractivity contribution is 0.0667. The first-order valence-corrected chi connectivity index (χ1v) is 6.92. The molecule has 1 atom stereocenters. The van der Waals surface area contributed by atoms with Crippen molar-refractivity contribution in [3.05, 3.63) is 29.0 Å². The zero-order valence-electron chi connectivity index (χ0n) is 11.4. The van der Waals surface area contributed by atoms with Crippen LogP contribution in [0.4, 0.5) is 0 Å². The van der Waals surface area contributed by atoms with Gasteiger partial charge in [0, 0.05) is 24.5 Å². The number of halogens is 1. The van der Waals surface area contributed by atoms with E-state index in [2.05, 4.69) is 16.5 Å². The number of aliphatic hydroxyl groups is 1. The number of hydrogen-bond donors (Lipinski definition) is 2. The first kappa shape index (κ1) is 14.3. The van der Waals surface area contributed by atoms with Crippen LogP contribution in [0.1, 0.15) is 26.1 Å². The number of aromatic nitrogens is 2. The molecule has 0 aliphatic rings. The number of aryl methyl sites for hydroxylation is 1. The predicted octanol–water partition coefficient (Wildman–Crippen LogP) is 2.35. The first-order valence-electron chi connectivity index (χ1n) is 6.54. The van der Waals surface area contributed by atoms with E-state index in [1.54, 1.807) is 6.92 Å². The van der Waals surface area contributed by atoms with Gasteiger partial charge in [0.25, 0.3) is 0 Å². The van der Waals surface area contributed by atoms with Crippen LogP contribution in [-0.2, 0) is 13.0 Å². The van der Waals surface area contributed by atoms with Crippen molar-refractivity contribution in [3.63, 3.8) is 0 Å². The molecule has 5 heteroatoms. The van der Waals surface area contributed by atoms with Crippen LogP contribution in [-0.4, -0.2) is 26.8 Å². The molecule has 0 bridgehead atoms. The molecule has 3 N–H and O–H groups in total.